The van der Waals surface area contributed by atoms with Crippen LogP contribution in [0.4, 0.5) is 0 Å². The van der Waals surface area contributed by atoms with Crippen LogP contribution in [0.5, 0.6) is 11.5 Å². The zero-order valence-electron chi connectivity index (χ0n) is 18.7. The molecule has 1 aliphatic heterocycles. The van der Waals surface area contributed by atoms with Crippen molar-refractivity contribution in [3.8, 4) is 21.9 Å². The maximum Gasteiger partial charge on any atom is 0.123 e. The van der Waals surface area contributed by atoms with Gasteiger partial charge in [-0.2, -0.15) is 0 Å². The van der Waals surface area contributed by atoms with Crippen LogP contribution in [0.2, 0.25) is 0 Å². The first-order valence-electron chi connectivity index (χ1n) is 11.1. The molecule has 4 nitrogen and oxygen atoms in total. The van der Waals surface area contributed by atoms with E-state index >= 15 is 0 Å². The van der Waals surface area contributed by atoms with Gasteiger partial charge in [-0.3, -0.25) is 9.80 Å². The largest absolute Gasteiger partial charge is 0.508 e. The third-order valence-electron chi connectivity index (χ3n) is 6.01. The molecule has 0 amide bonds. The lowest BCUT2D eigenvalue weighted by Gasteiger charge is -2.35. The molecule has 1 aliphatic rings. The zero-order chi connectivity index (χ0) is 22.5. The van der Waals surface area contributed by atoms with Crippen molar-refractivity contribution in [2.75, 3.05) is 33.3 Å². The number of rotatable bonds is 8. The van der Waals surface area contributed by atoms with Crippen LogP contribution in [-0.4, -0.2) is 48.2 Å². The Kier molecular flexibility index (Phi) is 7.97. The van der Waals surface area contributed by atoms with Crippen LogP contribution in [0.1, 0.15) is 30.0 Å². The Hall–Kier alpha value is -1.77. The summed E-state index contributed by atoms with van der Waals surface area (Å²) in [6.07, 6.45) is 2.10. The Morgan fingerprint density at radius 1 is 0.969 bits per heavy atom. The van der Waals surface area contributed by atoms with Gasteiger partial charge in [0.1, 0.15) is 15.3 Å². The summed E-state index contributed by atoms with van der Waals surface area (Å²) < 4.78 is 6.51. The number of phenolic OH excluding ortho intramolecular Hbond substituents is 1. The Balaban J connectivity index is 1.41. The first-order chi connectivity index (χ1) is 15.6. The zero-order valence-corrected chi connectivity index (χ0v) is 21.1. The third-order valence-corrected chi connectivity index (χ3v) is 9.20. The van der Waals surface area contributed by atoms with Gasteiger partial charge in [-0.15, -0.1) is 0 Å². The van der Waals surface area contributed by atoms with Crippen molar-refractivity contribution in [2.24, 2.45) is 0 Å². The van der Waals surface area contributed by atoms with Crippen LogP contribution in [0.3, 0.4) is 0 Å². The third kappa shape index (κ3) is 5.41. The lowest BCUT2D eigenvalue weighted by Crippen LogP contribution is -2.45. The predicted molar refractivity (Wildman–Crippen MR) is 138 cm³/mol. The fourth-order valence-electron chi connectivity index (χ4n) is 4.24. The van der Waals surface area contributed by atoms with Crippen molar-refractivity contribution >= 4 is 32.9 Å². The van der Waals surface area contributed by atoms with Crippen molar-refractivity contribution in [3.05, 3.63) is 63.0 Å². The molecule has 0 atom stereocenters. The number of hydrogen-bond donors (Lipinski definition) is 1. The minimum Gasteiger partial charge on any atom is -0.508 e. The minimum absolute atomic E-state index is 0.376. The average Bonchev–Trinajstić information content (AvgIpc) is 3.17. The van der Waals surface area contributed by atoms with Crippen LogP contribution in [0.15, 0.2) is 42.5 Å². The Morgan fingerprint density at radius 2 is 1.66 bits per heavy atom. The molecule has 0 aliphatic carbocycles. The average molecular weight is 487 g/mol. The second-order valence-electron chi connectivity index (χ2n) is 8.22. The van der Waals surface area contributed by atoms with E-state index in [4.69, 9.17) is 17.0 Å². The highest BCUT2D eigenvalue weighted by atomic mass is 32.9. The molecule has 1 aromatic heterocycles. The van der Waals surface area contributed by atoms with Gasteiger partial charge in [-0.1, -0.05) is 64.4 Å². The van der Waals surface area contributed by atoms with E-state index in [0.29, 0.717) is 5.75 Å². The number of phenols is 1. The van der Waals surface area contributed by atoms with E-state index in [-0.39, 0.29) is 0 Å². The summed E-state index contributed by atoms with van der Waals surface area (Å²) in [5.74, 6) is 1.33. The highest BCUT2D eigenvalue weighted by Gasteiger charge is 2.20. The van der Waals surface area contributed by atoms with Gasteiger partial charge in [0.2, 0.25) is 0 Å². The van der Waals surface area contributed by atoms with Gasteiger partial charge < -0.3 is 9.84 Å². The molecule has 1 saturated heterocycles. The van der Waals surface area contributed by atoms with Crippen molar-refractivity contribution in [1.82, 2.24) is 9.80 Å². The fraction of sp³-hybridized carbons (Fsp3) is 0.400. The van der Waals surface area contributed by atoms with Crippen LogP contribution in [0.25, 0.3) is 10.4 Å². The first-order valence-corrected chi connectivity index (χ1v) is 13.7. The minimum atomic E-state index is 0.376. The first kappa shape index (κ1) is 23.4. The number of piperazine rings is 1. The van der Waals surface area contributed by atoms with Crippen molar-refractivity contribution in [1.29, 1.82) is 0 Å². The highest BCUT2D eigenvalue weighted by Crippen LogP contribution is 2.37. The standard InChI is InChI=1S/C25H30N2O2S3/c1-3-6-21-24(31-32-25(21)30)18-9-10-22(28)20(15-18)17-27-13-11-26(12-14-27)16-19-7-4-5-8-23(19)29-2/h4-5,7-10,15,28H,3,6,11-14,16-17H2,1-2H3. The molecule has 3 aromatic rings. The van der Waals surface area contributed by atoms with Gasteiger partial charge >= 0.3 is 0 Å². The summed E-state index contributed by atoms with van der Waals surface area (Å²) in [5.41, 5.74) is 4.69. The van der Waals surface area contributed by atoms with Crippen molar-refractivity contribution in [2.45, 2.75) is 32.9 Å². The number of aromatic hydroxyl groups is 1. The number of para-hydroxylation sites is 1. The van der Waals surface area contributed by atoms with E-state index in [1.165, 1.54) is 21.6 Å². The van der Waals surface area contributed by atoms with Crippen LogP contribution >= 0.6 is 32.9 Å². The Morgan fingerprint density at radius 3 is 2.34 bits per heavy atom. The molecule has 2 aromatic carbocycles. The van der Waals surface area contributed by atoms with E-state index in [9.17, 15) is 5.11 Å². The highest BCUT2D eigenvalue weighted by molar-refractivity contribution is 7.80. The molecule has 0 saturated carbocycles. The van der Waals surface area contributed by atoms with Crippen molar-refractivity contribution in [3.63, 3.8) is 0 Å². The van der Waals surface area contributed by atoms with E-state index < -0.39 is 0 Å². The summed E-state index contributed by atoms with van der Waals surface area (Å²) >= 11 is 5.56. The number of hydrogen-bond acceptors (Lipinski definition) is 7. The molecular formula is C25H30N2O2S3. The lowest BCUT2D eigenvalue weighted by molar-refractivity contribution is 0.120. The summed E-state index contributed by atoms with van der Waals surface area (Å²) in [4.78, 5) is 6.17. The Labute approximate surface area is 203 Å². The summed E-state index contributed by atoms with van der Waals surface area (Å²) in [7, 11) is 5.17. The number of methoxy groups -OCH3 is 1. The second-order valence-corrected chi connectivity index (χ2v) is 11.0. The molecule has 1 N–H and O–H groups in total. The van der Waals surface area contributed by atoms with Gasteiger partial charge in [0.25, 0.3) is 0 Å². The van der Waals surface area contributed by atoms with Gasteiger partial charge in [-0.05, 0) is 41.8 Å². The topological polar surface area (TPSA) is 35.9 Å². The second kappa shape index (κ2) is 10.9. The van der Waals surface area contributed by atoms with E-state index in [2.05, 4.69) is 34.9 Å². The Bertz CT molecular complexity index is 1100. The quantitative estimate of drug-likeness (QED) is 0.303. The van der Waals surface area contributed by atoms with Gasteiger partial charge in [0, 0.05) is 50.4 Å². The fourth-order valence-corrected chi connectivity index (χ4v) is 7.24. The molecule has 1 fully saturated rings. The normalized spacial score (nSPS) is 15.2. The van der Waals surface area contributed by atoms with Crippen LogP contribution in [0, 0.1) is 3.82 Å². The summed E-state index contributed by atoms with van der Waals surface area (Å²) in [5, 5.41) is 10.5. The van der Waals surface area contributed by atoms with E-state index in [0.717, 1.165) is 67.2 Å². The van der Waals surface area contributed by atoms with Crippen molar-refractivity contribution < 1.29 is 9.84 Å². The van der Waals surface area contributed by atoms with E-state index in [1.54, 1.807) is 27.8 Å². The monoisotopic (exact) mass is 486 g/mol. The molecule has 0 bridgehead atoms. The molecule has 2 heterocycles. The molecule has 170 valence electrons. The van der Waals surface area contributed by atoms with E-state index in [1.807, 2.05) is 24.3 Å². The lowest BCUT2D eigenvalue weighted by atomic mass is 10.0. The van der Waals surface area contributed by atoms with Crippen LogP contribution < -0.4 is 4.74 Å². The van der Waals surface area contributed by atoms with Gasteiger partial charge in [0.15, 0.2) is 0 Å². The molecule has 4 rings (SSSR count). The number of nitrogens with zero attached hydrogens (tertiary/aromatic N) is 2. The maximum atomic E-state index is 10.5. The number of benzene rings is 2. The van der Waals surface area contributed by atoms with Gasteiger partial charge in [-0.25, -0.2) is 0 Å². The number of ether oxygens (including phenoxy) is 1. The molecule has 0 unspecified atom stereocenters. The summed E-state index contributed by atoms with van der Waals surface area (Å²) in [6.45, 7) is 7.84. The predicted octanol–water partition coefficient (Wildman–Crippen LogP) is 6.19. The molecule has 7 heteroatoms. The molecule has 0 radical (unpaired) electrons. The SMILES string of the molecule is CCCc1c(-c2ccc(O)c(CN3CCN(Cc4ccccc4OC)CC3)c2)ssc1=S. The molecule has 32 heavy (non-hydrogen) atoms. The summed E-state index contributed by atoms with van der Waals surface area (Å²) in [6, 6.07) is 14.3. The molecule has 0 spiro atoms. The maximum absolute atomic E-state index is 10.5. The smallest absolute Gasteiger partial charge is 0.123 e. The molecular weight excluding hydrogens is 456 g/mol. The van der Waals surface area contributed by atoms with Gasteiger partial charge in [0.05, 0.1) is 12.0 Å². The van der Waals surface area contributed by atoms with Crippen LogP contribution in [-0.2, 0) is 19.5 Å².